The molecule has 2 rings (SSSR count). The molecule has 4 N–H and O–H groups in total. The van der Waals surface area contributed by atoms with Gasteiger partial charge in [-0.1, -0.05) is 0 Å². The summed E-state index contributed by atoms with van der Waals surface area (Å²) in [4.78, 5) is 23.4. The molecule has 0 unspecified atom stereocenters. The van der Waals surface area contributed by atoms with E-state index in [-0.39, 0.29) is 5.56 Å². The monoisotopic (exact) mass is 429 g/mol. The number of rotatable bonds is 4. The van der Waals surface area contributed by atoms with Crippen molar-refractivity contribution in [1.82, 2.24) is 0 Å². The Morgan fingerprint density at radius 2 is 1.61 bits per heavy atom. The van der Waals surface area contributed by atoms with Crippen molar-refractivity contribution in [3.8, 4) is 17.2 Å². The molecule has 0 radical (unpaired) electrons. The summed E-state index contributed by atoms with van der Waals surface area (Å²) in [5, 5.41) is 30.4. The van der Waals surface area contributed by atoms with Crippen molar-refractivity contribution in [1.29, 1.82) is 0 Å². The van der Waals surface area contributed by atoms with Gasteiger partial charge in [-0.2, -0.15) is 0 Å². The summed E-state index contributed by atoms with van der Waals surface area (Å²) in [5.41, 5.74) is 0.367. The number of ether oxygens (including phenoxy) is 1. The standard InChI is InChI=1S/C15H12INO6/c16-9-1-3-10(4-2-9)17-13(20)7-23-15(22)8-5-11(18)14(21)12(19)6-8/h1-6,18-19,21H,7H2,(H,17,20). The van der Waals surface area contributed by atoms with E-state index < -0.39 is 35.7 Å². The molecule has 0 aliphatic rings. The summed E-state index contributed by atoms with van der Waals surface area (Å²) in [6, 6.07) is 8.88. The van der Waals surface area contributed by atoms with E-state index in [1.165, 1.54) is 0 Å². The first-order chi connectivity index (χ1) is 10.9. The molecule has 0 atom stereocenters. The van der Waals surface area contributed by atoms with Crippen LogP contribution in [0.25, 0.3) is 0 Å². The summed E-state index contributed by atoms with van der Waals surface area (Å²) in [7, 11) is 0. The number of carbonyl (C=O) groups is 2. The van der Waals surface area contributed by atoms with Crippen molar-refractivity contribution in [2.45, 2.75) is 0 Å². The van der Waals surface area contributed by atoms with E-state index in [0.29, 0.717) is 5.69 Å². The van der Waals surface area contributed by atoms with Gasteiger partial charge in [0.2, 0.25) is 0 Å². The molecule has 0 fully saturated rings. The molecular weight excluding hydrogens is 417 g/mol. The highest BCUT2D eigenvalue weighted by atomic mass is 127. The van der Waals surface area contributed by atoms with Gasteiger partial charge in [-0.15, -0.1) is 0 Å². The van der Waals surface area contributed by atoms with Crippen LogP contribution in [0.1, 0.15) is 10.4 Å². The molecule has 2 aromatic carbocycles. The van der Waals surface area contributed by atoms with E-state index in [4.69, 9.17) is 4.74 Å². The first kappa shape index (κ1) is 16.9. The van der Waals surface area contributed by atoms with Crippen LogP contribution >= 0.6 is 22.6 Å². The number of anilines is 1. The Morgan fingerprint density at radius 1 is 1.04 bits per heavy atom. The highest BCUT2D eigenvalue weighted by molar-refractivity contribution is 14.1. The summed E-state index contributed by atoms with van der Waals surface area (Å²) >= 11 is 2.13. The minimum atomic E-state index is -0.923. The van der Waals surface area contributed by atoms with Crippen LogP contribution in [0.4, 0.5) is 5.69 Å². The molecule has 0 saturated heterocycles. The molecule has 0 spiro atoms. The number of hydrogen-bond acceptors (Lipinski definition) is 6. The maximum atomic E-state index is 11.8. The highest BCUT2D eigenvalue weighted by Crippen LogP contribution is 2.35. The third kappa shape index (κ3) is 4.49. The van der Waals surface area contributed by atoms with Gasteiger partial charge < -0.3 is 25.4 Å². The van der Waals surface area contributed by atoms with Crippen LogP contribution < -0.4 is 5.32 Å². The van der Waals surface area contributed by atoms with Gasteiger partial charge in [0.1, 0.15) is 0 Å². The molecule has 0 saturated carbocycles. The van der Waals surface area contributed by atoms with Crippen LogP contribution in [0.15, 0.2) is 36.4 Å². The number of esters is 1. The summed E-state index contributed by atoms with van der Waals surface area (Å²) in [6.07, 6.45) is 0. The van der Waals surface area contributed by atoms with Gasteiger partial charge in [0.05, 0.1) is 5.56 Å². The fourth-order valence-corrected chi connectivity index (χ4v) is 2.03. The van der Waals surface area contributed by atoms with Gasteiger partial charge in [-0.25, -0.2) is 4.79 Å². The fourth-order valence-electron chi connectivity index (χ4n) is 1.67. The minimum absolute atomic E-state index is 0.195. The Morgan fingerprint density at radius 3 is 2.17 bits per heavy atom. The van der Waals surface area contributed by atoms with Crippen molar-refractivity contribution in [2.24, 2.45) is 0 Å². The van der Waals surface area contributed by atoms with Gasteiger partial charge in [0.15, 0.2) is 23.9 Å². The predicted molar refractivity (Wildman–Crippen MR) is 89.5 cm³/mol. The second kappa shape index (κ2) is 7.18. The number of phenolic OH excluding ortho intramolecular Hbond substituents is 3. The number of amides is 1. The Kier molecular flexibility index (Phi) is 5.27. The molecule has 0 aliphatic carbocycles. The lowest BCUT2D eigenvalue weighted by Gasteiger charge is -2.08. The third-order valence-corrected chi connectivity index (χ3v) is 3.49. The van der Waals surface area contributed by atoms with Crippen molar-refractivity contribution in [2.75, 3.05) is 11.9 Å². The molecule has 0 heterocycles. The van der Waals surface area contributed by atoms with Crippen molar-refractivity contribution in [3.63, 3.8) is 0 Å². The first-order valence-electron chi connectivity index (χ1n) is 6.34. The van der Waals surface area contributed by atoms with E-state index in [2.05, 4.69) is 27.9 Å². The van der Waals surface area contributed by atoms with E-state index in [9.17, 15) is 24.9 Å². The average molecular weight is 429 g/mol. The SMILES string of the molecule is O=C(COC(=O)c1cc(O)c(O)c(O)c1)Nc1ccc(I)cc1. The summed E-state index contributed by atoms with van der Waals surface area (Å²) in [6.45, 7) is -0.535. The lowest BCUT2D eigenvalue weighted by molar-refractivity contribution is -0.119. The van der Waals surface area contributed by atoms with Crippen molar-refractivity contribution < 1.29 is 29.6 Å². The number of halogens is 1. The summed E-state index contributed by atoms with van der Waals surface area (Å²) in [5.74, 6) is -3.53. The molecular formula is C15H12INO6. The number of hydrogen-bond donors (Lipinski definition) is 4. The number of carbonyl (C=O) groups excluding carboxylic acids is 2. The second-order valence-electron chi connectivity index (χ2n) is 4.49. The van der Waals surface area contributed by atoms with Gasteiger partial charge in [0, 0.05) is 9.26 Å². The van der Waals surface area contributed by atoms with Crippen LogP contribution in [0.2, 0.25) is 0 Å². The second-order valence-corrected chi connectivity index (χ2v) is 5.74. The smallest absolute Gasteiger partial charge is 0.338 e. The number of benzene rings is 2. The van der Waals surface area contributed by atoms with Crippen molar-refractivity contribution in [3.05, 3.63) is 45.5 Å². The van der Waals surface area contributed by atoms with Crippen LogP contribution in [-0.4, -0.2) is 33.8 Å². The van der Waals surface area contributed by atoms with E-state index >= 15 is 0 Å². The lowest BCUT2D eigenvalue weighted by Crippen LogP contribution is -2.20. The maximum Gasteiger partial charge on any atom is 0.338 e. The molecule has 120 valence electrons. The molecule has 7 nitrogen and oxygen atoms in total. The third-order valence-electron chi connectivity index (χ3n) is 2.77. The Hall–Kier alpha value is -2.49. The quantitative estimate of drug-likeness (QED) is 0.337. The lowest BCUT2D eigenvalue weighted by atomic mass is 10.2. The number of nitrogens with one attached hydrogen (secondary N) is 1. The van der Waals surface area contributed by atoms with Gasteiger partial charge >= 0.3 is 5.97 Å². The largest absolute Gasteiger partial charge is 0.504 e. The molecule has 0 bridgehead atoms. The molecule has 8 heteroatoms. The zero-order chi connectivity index (χ0) is 17.0. The predicted octanol–water partition coefficient (Wildman–Crippen LogP) is 2.20. The number of aromatic hydroxyl groups is 3. The van der Waals surface area contributed by atoms with Gasteiger partial charge in [-0.3, -0.25) is 4.79 Å². The fraction of sp³-hybridized carbons (Fsp3) is 0.0667. The maximum absolute atomic E-state index is 11.8. The molecule has 1 amide bonds. The highest BCUT2D eigenvalue weighted by Gasteiger charge is 2.15. The van der Waals surface area contributed by atoms with Crippen LogP contribution in [0.3, 0.4) is 0 Å². The Bertz CT molecular complexity index is 721. The van der Waals surface area contributed by atoms with Crippen molar-refractivity contribution >= 4 is 40.2 Å². The van der Waals surface area contributed by atoms with Crippen LogP contribution in [0.5, 0.6) is 17.2 Å². The first-order valence-corrected chi connectivity index (χ1v) is 7.42. The zero-order valence-electron chi connectivity index (χ0n) is 11.6. The van der Waals surface area contributed by atoms with Gasteiger partial charge in [-0.05, 0) is 59.0 Å². The van der Waals surface area contributed by atoms with Gasteiger partial charge in [0.25, 0.3) is 5.91 Å². The molecule has 2 aromatic rings. The minimum Gasteiger partial charge on any atom is -0.504 e. The van der Waals surface area contributed by atoms with E-state index in [0.717, 1.165) is 15.7 Å². The normalized spacial score (nSPS) is 10.1. The molecule has 0 aliphatic heterocycles. The average Bonchev–Trinajstić information content (AvgIpc) is 2.52. The van der Waals surface area contributed by atoms with Crippen LogP contribution in [0, 0.1) is 3.57 Å². The molecule has 23 heavy (non-hydrogen) atoms. The Balaban J connectivity index is 1.93. The van der Waals surface area contributed by atoms with E-state index in [1.807, 2.05) is 12.1 Å². The zero-order valence-corrected chi connectivity index (χ0v) is 13.8. The summed E-state index contributed by atoms with van der Waals surface area (Å²) < 4.78 is 5.79. The Labute approximate surface area is 144 Å². The topological polar surface area (TPSA) is 116 Å². The number of phenols is 3. The molecule has 0 aromatic heterocycles. The van der Waals surface area contributed by atoms with E-state index in [1.54, 1.807) is 12.1 Å². The van der Waals surface area contributed by atoms with Crippen LogP contribution in [-0.2, 0) is 9.53 Å².